The molecule has 0 radical (unpaired) electrons. The molecule has 0 unspecified atom stereocenters. The van der Waals surface area contributed by atoms with E-state index in [1.165, 1.54) is 12.1 Å². The van der Waals surface area contributed by atoms with Crippen molar-refractivity contribution in [3.63, 3.8) is 0 Å². The average Bonchev–Trinajstić information content (AvgIpc) is 2.57. The van der Waals surface area contributed by atoms with Crippen molar-refractivity contribution in [2.45, 2.75) is 6.92 Å². The van der Waals surface area contributed by atoms with Gasteiger partial charge in [-0.1, -0.05) is 24.3 Å². The van der Waals surface area contributed by atoms with Gasteiger partial charge in [0.2, 0.25) is 0 Å². The Kier molecular flexibility index (Phi) is 6.33. The fourth-order valence-corrected chi connectivity index (χ4v) is 2.05. The Morgan fingerprint density at radius 1 is 1.08 bits per heavy atom. The summed E-state index contributed by atoms with van der Waals surface area (Å²) in [5.41, 5.74) is 1.32. The van der Waals surface area contributed by atoms with E-state index in [1.54, 1.807) is 6.08 Å². The van der Waals surface area contributed by atoms with Crippen LogP contribution >= 0.6 is 0 Å². The monoisotopic (exact) mass is 329 g/mol. The third-order valence-electron chi connectivity index (χ3n) is 3.18. The molecule has 0 saturated heterocycles. The molecule has 2 aromatic carbocycles. The van der Waals surface area contributed by atoms with E-state index < -0.39 is 4.92 Å². The number of hydrogen-bond donors (Lipinski definition) is 1. The molecular formula is C18H19NO5. The van der Waals surface area contributed by atoms with Gasteiger partial charge < -0.3 is 14.6 Å². The molecule has 0 heterocycles. The van der Waals surface area contributed by atoms with Crippen molar-refractivity contribution in [3.05, 3.63) is 63.7 Å². The van der Waals surface area contributed by atoms with E-state index in [2.05, 4.69) is 0 Å². The Balaban J connectivity index is 2.00. The number of phenols is 1. The second kappa shape index (κ2) is 8.69. The molecule has 0 spiro atoms. The van der Waals surface area contributed by atoms with Crippen LogP contribution in [0.1, 0.15) is 18.1 Å². The topological polar surface area (TPSA) is 81.8 Å². The maximum atomic E-state index is 10.8. The Bertz CT molecular complexity index is 710. The van der Waals surface area contributed by atoms with Crippen molar-refractivity contribution in [2.24, 2.45) is 0 Å². The minimum Gasteiger partial charge on any atom is -0.508 e. The van der Waals surface area contributed by atoms with Gasteiger partial charge in [-0.2, -0.15) is 0 Å². The van der Waals surface area contributed by atoms with Gasteiger partial charge in [0.05, 0.1) is 17.6 Å². The normalized spacial score (nSPS) is 10.9. The summed E-state index contributed by atoms with van der Waals surface area (Å²) < 4.78 is 10.7. The average molecular weight is 329 g/mol. The Morgan fingerprint density at radius 3 is 2.46 bits per heavy atom. The number of rotatable bonds is 8. The van der Waals surface area contributed by atoms with Crippen molar-refractivity contribution < 1.29 is 19.5 Å². The molecular weight excluding hydrogens is 310 g/mol. The van der Waals surface area contributed by atoms with Gasteiger partial charge in [-0.25, -0.2) is 0 Å². The predicted octanol–water partition coefficient (Wildman–Crippen LogP) is 3.89. The number of ether oxygens (including phenoxy) is 2. The lowest BCUT2D eigenvalue weighted by atomic mass is 10.1. The van der Waals surface area contributed by atoms with Gasteiger partial charge in [-0.05, 0) is 36.2 Å². The zero-order valence-electron chi connectivity index (χ0n) is 13.3. The molecule has 0 saturated carbocycles. The first-order chi connectivity index (χ1) is 11.6. The number of hydrogen-bond acceptors (Lipinski definition) is 5. The molecule has 126 valence electrons. The summed E-state index contributed by atoms with van der Waals surface area (Å²) in [6, 6.07) is 11.4. The van der Waals surface area contributed by atoms with E-state index in [1.807, 2.05) is 37.3 Å². The van der Waals surface area contributed by atoms with Gasteiger partial charge in [0.15, 0.2) is 0 Å². The van der Waals surface area contributed by atoms with Crippen LogP contribution in [0.5, 0.6) is 11.5 Å². The first kappa shape index (κ1) is 17.5. The second-order valence-corrected chi connectivity index (χ2v) is 4.99. The lowest BCUT2D eigenvalue weighted by Gasteiger charge is -2.06. The van der Waals surface area contributed by atoms with Crippen molar-refractivity contribution in [3.8, 4) is 11.5 Å². The smallest absolute Gasteiger partial charge is 0.273 e. The molecule has 2 aromatic rings. The summed E-state index contributed by atoms with van der Waals surface area (Å²) >= 11 is 0. The number of nitro benzene ring substituents is 1. The van der Waals surface area contributed by atoms with Crippen LogP contribution in [0.25, 0.3) is 12.2 Å². The third kappa shape index (κ3) is 5.40. The molecule has 0 aromatic heterocycles. The molecule has 0 aliphatic carbocycles. The first-order valence-corrected chi connectivity index (χ1v) is 7.55. The van der Waals surface area contributed by atoms with Crippen LogP contribution in [0.3, 0.4) is 0 Å². The number of nitro groups is 1. The van der Waals surface area contributed by atoms with Crippen molar-refractivity contribution >= 4 is 17.8 Å². The van der Waals surface area contributed by atoms with Gasteiger partial charge in [-0.3, -0.25) is 10.1 Å². The van der Waals surface area contributed by atoms with Gasteiger partial charge in [0, 0.05) is 12.7 Å². The van der Waals surface area contributed by atoms with E-state index >= 15 is 0 Å². The Hall–Kier alpha value is -2.86. The van der Waals surface area contributed by atoms with Crippen LogP contribution in [0, 0.1) is 10.1 Å². The van der Waals surface area contributed by atoms with Crippen molar-refractivity contribution in [2.75, 3.05) is 19.8 Å². The molecule has 0 aliphatic rings. The van der Waals surface area contributed by atoms with Crippen LogP contribution in [-0.4, -0.2) is 29.9 Å². The number of nitrogens with zero attached hydrogens (tertiary/aromatic N) is 1. The number of aromatic hydroxyl groups is 1. The Labute approximate surface area is 140 Å². The minimum atomic E-state index is -0.536. The molecule has 6 heteroatoms. The zero-order valence-corrected chi connectivity index (χ0v) is 13.3. The standard InChI is InChI=1S/C18H19NO5/c1-2-23-9-10-24-18-7-5-14(6-8-18)3-4-15-11-16(19(21)22)13-17(20)12-15/h3-8,11-13,20H,2,9-10H2,1H3/b4-3+. The predicted molar refractivity (Wildman–Crippen MR) is 92.1 cm³/mol. The van der Waals surface area contributed by atoms with E-state index in [0.29, 0.717) is 25.4 Å². The summed E-state index contributed by atoms with van der Waals surface area (Å²) in [7, 11) is 0. The number of phenolic OH excluding ortho intramolecular Hbond substituents is 1. The largest absolute Gasteiger partial charge is 0.508 e. The van der Waals surface area contributed by atoms with E-state index in [0.717, 1.165) is 17.4 Å². The van der Waals surface area contributed by atoms with Gasteiger partial charge in [-0.15, -0.1) is 0 Å². The quantitative estimate of drug-likeness (QED) is 0.344. The molecule has 2 rings (SSSR count). The maximum absolute atomic E-state index is 10.8. The van der Waals surface area contributed by atoms with Crippen LogP contribution < -0.4 is 4.74 Å². The molecule has 1 N–H and O–H groups in total. The van der Waals surface area contributed by atoms with E-state index in [4.69, 9.17) is 9.47 Å². The van der Waals surface area contributed by atoms with Gasteiger partial charge >= 0.3 is 0 Å². The van der Waals surface area contributed by atoms with E-state index in [-0.39, 0.29) is 11.4 Å². The molecule has 24 heavy (non-hydrogen) atoms. The molecule has 6 nitrogen and oxygen atoms in total. The van der Waals surface area contributed by atoms with Crippen molar-refractivity contribution in [1.29, 1.82) is 0 Å². The summed E-state index contributed by atoms with van der Waals surface area (Å²) in [5, 5.41) is 20.3. The molecule has 0 amide bonds. The summed E-state index contributed by atoms with van der Waals surface area (Å²) in [6.07, 6.45) is 3.51. The molecule has 0 aliphatic heterocycles. The lowest BCUT2D eigenvalue weighted by Crippen LogP contribution is -2.06. The van der Waals surface area contributed by atoms with E-state index in [9.17, 15) is 15.2 Å². The fraction of sp³-hybridized carbons (Fsp3) is 0.222. The van der Waals surface area contributed by atoms with Crippen LogP contribution in [-0.2, 0) is 4.74 Å². The highest BCUT2D eigenvalue weighted by molar-refractivity contribution is 5.71. The molecule has 0 fully saturated rings. The zero-order chi connectivity index (χ0) is 17.4. The van der Waals surface area contributed by atoms with Crippen LogP contribution in [0.2, 0.25) is 0 Å². The number of non-ortho nitro benzene ring substituents is 1. The van der Waals surface area contributed by atoms with Crippen LogP contribution in [0.15, 0.2) is 42.5 Å². The highest BCUT2D eigenvalue weighted by atomic mass is 16.6. The maximum Gasteiger partial charge on any atom is 0.273 e. The molecule has 0 bridgehead atoms. The second-order valence-electron chi connectivity index (χ2n) is 4.99. The molecule has 0 atom stereocenters. The minimum absolute atomic E-state index is 0.137. The van der Waals surface area contributed by atoms with Gasteiger partial charge in [0.25, 0.3) is 5.69 Å². The summed E-state index contributed by atoms with van der Waals surface area (Å²) in [4.78, 5) is 10.3. The lowest BCUT2D eigenvalue weighted by molar-refractivity contribution is -0.384. The Morgan fingerprint density at radius 2 is 1.79 bits per heavy atom. The third-order valence-corrected chi connectivity index (χ3v) is 3.18. The SMILES string of the molecule is CCOCCOc1ccc(/C=C/c2cc(O)cc([N+](=O)[O-])c2)cc1. The fourth-order valence-electron chi connectivity index (χ4n) is 2.05. The highest BCUT2D eigenvalue weighted by Crippen LogP contribution is 2.23. The van der Waals surface area contributed by atoms with Crippen LogP contribution in [0.4, 0.5) is 5.69 Å². The highest BCUT2D eigenvalue weighted by Gasteiger charge is 2.07. The first-order valence-electron chi connectivity index (χ1n) is 7.55. The van der Waals surface area contributed by atoms with Crippen molar-refractivity contribution in [1.82, 2.24) is 0 Å². The summed E-state index contributed by atoms with van der Waals surface area (Å²) in [5.74, 6) is 0.613. The number of benzene rings is 2. The summed E-state index contributed by atoms with van der Waals surface area (Å²) in [6.45, 7) is 3.65. The van der Waals surface area contributed by atoms with Gasteiger partial charge in [0.1, 0.15) is 18.1 Å².